The third kappa shape index (κ3) is 2.02. The number of rotatable bonds is 1. The lowest BCUT2D eigenvalue weighted by atomic mass is 9.72. The summed E-state index contributed by atoms with van der Waals surface area (Å²) in [6, 6.07) is 7.20. The van der Waals surface area contributed by atoms with E-state index < -0.39 is 11.4 Å². The van der Waals surface area contributed by atoms with Crippen molar-refractivity contribution in [3.8, 4) is 6.07 Å². The van der Waals surface area contributed by atoms with Gasteiger partial charge in [-0.3, -0.25) is 0 Å². The topological polar surface area (TPSA) is 47.3 Å². The first kappa shape index (κ1) is 13.5. The van der Waals surface area contributed by atoms with Crippen LogP contribution in [0.5, 0.6) is 0 Å². The van der Waals surface area contributed by atoms with Crippen molar-refractivity contribution in [2.75, 3.05) is 7.05 Å². The molecule has 3 nitrogen and oxygen atoms in total. The minimum Gasteiger partial charge on any atom is -0.385 e. The Hall–Kier alpha value is -1.44. The molecule has 0 amide bonds. The lowest BCUT2D eigenvalue weighted by Gasteiger charge is -2.50. The molecular weight excluding hydrogens is 255 g/mol. The number of fused-ring (bicyclic) bond motifs is 2. The number of nitriles is 1. The van der Waals surface area contributed by atoms with Gasteiger partial charge in [0.1, 0.15) is 11.9 Å². The zero-order chi connectivity index (χ0) is 14.3. The second-order valence-electron chi connectivity index (χ2n) is 6.12. The van der Waals surface area contributed by atoms with E-state index in [0.29, 0.717) is 30.5 Å². The number of hydrogen-bond donors (Lipinski definition) is 1. The van der Waals surface area contributed by atoms with Gasteiger partial charge in [-0.15, -0.1) is 0 Å². The van der Waals surface area contributed by atoms with Gasteiger partial charge in [0.2, 0.25) is 0 Å². The number of halogens is 1. The third-order valence-corrected chi connectivity index (χ3v) is 4.99. The molecule has 0 radical (unpaired) electrons. The van der Waals surface area contributed by atoms with Gasteiger partial charge in [-0.1, -0.05) is 18.6 Å². The van der Waals surface area contributed by atoms with Crippen LogP contribution in [0.3, 0.4) is 0 Å². The molecule has 1 aromatic rings. The first-order chi connectivity index (χ1) is 9.55. The van der Waals surface area contributed by atoms with Gasteiger partial charge in [-0.2, -0.15) is 5.26 Å². The zero-order valence-electron chi connectivity index (χ0n) is 11.6. The maximum absolute atomic E-state index is 14.4. The molecule has 2 heterocycles. The fourth-order valence-corrected chi connectivity index (χ4v) is 3.85. The number of aliphatic hydroxyl groups is 1. The molecule has 3 rings (SSSR count). The molecule has 2 bridgehead atoms. The molecule has 2 aliphatic rings. The number of piperidine rings is 2. The summed E-state index contributed by atoms with van der Waals surface area (Å²) in [4.78, 5) is 2.32. The predicted molar refractivity (Wildman–Crippen MR) is 73.4 cm³/mol. The Labute approximate surface area is 118 Å². The van der Waals surface area contributed by atoms with Crippen molar-refractivity contribution < 1.29 is 9.50 Å². The molecule has 0 spiro atoms. The van der Waals surface area contributed by atoms with Gasteiger partial charge in [-0.25, -0.2) is 4.39 Å². The van der Waals surface area contributed by atoms with Gasteiger partial charge in [0.05, 0.1) is 11.2 Å². The van der Waals surface area contributed by atoms with Gasteiger partial charge >= 0.3 is 0 Å². The summed E-state index contributed by atoms with van der Waals surface area (Å²) in [5.41, 5.74) is -0.833. The largest absolute Gasteiger partial charge is 0.385 e. The molecule has 2 atom stereocenters. The summed E-state index contributed by atoms with van der Waals surface area (Å²) >= 11 is 0. The summed E-state index contributed by atoms with van der Waals surface area (Å²) in [5.74, 6) is -0.555. The molecule has 1 N–H and O–H groups in total. The van der Waals surface area contributed by atoms with E-state index >= 15 is 0 Å². The Morgan fingerprint density at radius 1 is 1.35 bits per heavy atom. The van der Waals surface area contributed by atoms with Crippen LogP contribution in [0.2, 0.25) is 0 Å². The number of nitrogens with zero attached hydrogens (tertiary/aromatic N) is 2. The Morgan fingerprint density at radius 3 is 2.60 bits per heavy atom. The lowest BCUT2D eigenvalue weighted by molar-refractivity contribution is -0.0891. The van der Waals surface area contributed by atoms with Crippen LogP contribution in [0.1, 0.15) is 43.2 Å². The van der Waals surface area contributed by atoms with Crippen LogP contribution in [0.15, 0.2) is 18.2 Å². The van der Waals surface area contributed by atoms with Crippen LogP contribution in [0.4, 0.5) is 4.39 Å². The summed E-state index contributed by atoms with van der Waals surface area (Å²) in [6.07, 6.45) is 4.37. The molecule has 2 saturated heterocycles. The number of hydrogen-bond acceptors (Lipinski definition) is 3. The predicted octanol–water partition coefficient (Wildman–Crippen LogP) is 2.53. The van der Waals surface area contributed by atoms with Crippen LogP contribution in [0, 0.1) is 17.1 Å². The molecule has 4 heteroatoms. The molecule has 2 aliphatic heterocycles. The molecular formula is C16H19FN2O. The zero-order valence-corrected chi connectivity index (χ0v) is 11.6. The Balaban J connectivity index is 2.00. The summed E-state index contributed by atoms with van der Waals surface area (Å²) < 4.78 is 14.4. The van der Waals surface area contributed by atoms with Crippen LogP contribution in [-0.4, -0.2) is 29.1 Å². The minimum absolute atomic E-state index is 0.0139. The SMILES string of the molecule is CN1C2CCCC1CC(O)(c1cccc(C#N)c1F)C2. The van der Waals surface area contributed by atoms with Crippen molar-refractivity contribution in [2.24, 2.45) is 0 Å². The third-order valence-electron chi connectivity index (χ3n) is 4.99. The maximum Gasteiger partial charge on any atom is 0.147 e. The molecule has 20 heavy (non-hydrogen) atoms. The molecule has 0 aliphatic carbocycles. The fourth-order valence-electron chi connectivity index (χ4n) is 3.85. The van der Waals surface area contributed by atoms with Crippen molar-refractivity contribution in [1.82, 2.24) is 4.90 Å². The Bertz CT molecular complexity index is 552. The average Bonchev–Trinajstić information content (AvgIpc) is 2.41. The Morgan fingerprint density at radius 2 is 2.00 bits per heavy atom. The monoisotopic (exact) mass is 274 g/mol. The molecule has 2 fully saturated rings. The highest BCUT2D eigenvalue weighted by Gasteiger charge is 2.46. The van der Waals surface area contributed by atoms with Gasteiger partial charge in [-0.05, 0) is 38.8 Å². The van der Waals surface area contributed by atoms with Gasteiger partial charge in [0.15, 0.2) is 0 Å². The van der Waals surface area contributed by atoms with E-state index in [1.807, 2.05) is 6.07 Å². The van der Waals surface area contributed by atoms with Crippen molar-refractivity contribution in [3.63, 3.8) is 0 Å². The number of benzene rings is 1. The van der Waals surface area contributed by atoms with E-state index in [-0.39, 0.29) is 5.56 Å². The second kappa shape index (κ2) is 4.83. The summed E-state index contributed by atoms with van der Waals surface area (Å²) in [6.45, 7) is 0. The highest BCUT2D eigenvalue weighted by molar-refractivity contribution is 5.38. The van der Waals surface area contributed by atoms with E-state index in [9.17, 15) is 9.50 Å². The smallest absolute Gasteiger partial charge is 0.147 e. The van der Waals surface area contributed by atoms with Crippen LogP contribution in [-0.2, 0) is 5.60 Å². The van der Waals surface area contributed by atoms with Gasteiger partial charge < -0.3 is 10.0 Å². The summed E-state index contributed by atoms with van der Waals surface area (Å²) in [5, 5.41) is 19.9. The molecule has 0 saturated carbocycles. The first-order valence-electron chi connectivity index (χ1n) is 7.18. The lowest BCUT2D eigenvalue weighted by Crippen LogP contribution is -2.55. The molecule has 1 aromatic carbocycles. The highest BCUT2D eigenvalue weighted by Crippen LogP contribution is 2.44. The van der Waals surface area contributed by atoms with Crippen molar-refractivity contribution in [2.45, 2.75) is 49.8 Å². The van der Waals surface area contributed by atoms with Gasteiger partial charge in [0.25, 0.3) is 0 Å². The molecule has 0 aromatic heterocycles. The quantitative estimate of drug-likeness (QED) is 0.856. The van der Waals surface area contributed by atoms with Crippen molar-refractivity contribution in [1.29, 1.82) is 5.26 Å². The van der Waals surface area contributed by atoms with E-state index in [4.69, 9.17) is 5.26 Å². The van der Waals surface area contributed by atoms with Crippen molar-refractivity contribution in [3.05, 3.63) is 35.1 Å². The van der Waals surface area contributed by atoms with Crippen molar-refractivity contribution >= 4 is 0 Å². The van der Waals surface area contributed by atoms with Crippen LogP contribution >= 0.6 is 0 Å². The van der Waals surface area contributed by atoms with Crippen LogP contribution in [0.25, 0.3) is 0 Å². The highest BCUT2D eigenvalue weighted by atomic mass is 19.1. The average molecular weight is 274 g/mol. The standard InChI is InChI=1S/C16H19FN2O/c1-19-12-5-3-6-13(19)9-16(20,8-12)14-7-2-4-11(10-18)15(14)17/h2,4,7,12-13,20H,3,5-6,8-9H2,1H3. The second-order valence-corrected chi connectivity index (χ2v) is 6.12. The fraction of sp³-hybridized carbons (Fsp3) is 0.562. The molecule has 106 valence electrons. The van der Waals surface area contributed by atoms with E-state index in [1.165, 1.54) is 12.5 Å². The molecule has 2 unspecified atom stereocenters. The van der Waals surface area contributed by atoms with Crippen LogP contribution < -0.4 is 0 Å². The minimum atomic E-state index is -1.14. The van der Waals surface area contributed by atoms with Gasteiger partial charge in [0, 0.05) is 17.6 Å². The van der Waals surface area contributed by atoms with E-state index in [1.54, 1.807) is 12.1 Å². The van der Waals surface area contributed by atoms with E-state index in [2.05, 4.69) is 11.9 Å². The first-order valence-corrected chi connectivity index (χ1v) is 7.18. The van der Waals surface area contributed by atoms with E-state index in [0.717, 1.165) is 12.8 Å². The normalized spacial score (nSPS) is 33.7. The maximum atomic E-state index is 14.4. The Kier molecular flexibility index (Phi) is 3.27. The summed E-state index contributed by atoms with van der Waals surface area (Å²) in [7, 11) is 2.09.